The molecule has 1 aliphatic rings. The van der Waals surface area contributed by atoms with E-state index in [2.05, 4.69) is 5.32 Å². The molecule has 3 aromatic rings. The average molecular weight is 417 g/mol. The zero-order valence-corrected chi connectivity index (χ0v) is 16.6. The molecule has 1 heterocycles. The number of fused-ring (bicyclic) bond motifs is 2. The molecule has 0 amide bonds. The van der Waals surface area contributed by atoms with Crippen LogP contribution in [0.1, 0.15) is 43.9 Å². The van der Waals surface area contributed by atoms with Gasteiger partial charge in [0.05, 0.1) is 17.7 Å². The van der Waals surface area contributed by atoms with Crippen LogP contribution in [0, 0.1) is 0 Å². The van der Waals surface area contributed by atoms with Gasteiger partial charge in [0, 0.05) is 11.1 Å². The third-order valence-corrected chi connectivity index (χ3v) is 6.14. The molecule has 2 aromatic carbocycles. The molecule has 7 heteroatoms. The smallest absolute Gasteiger partial charge is 0.419 e. The molecule has 30 heavy (non-hydrogen) atoms. The number of benzene rings is 2. The van der Waals surface area contributed by atoms with Gasteiger partial charge in [-0.1, -0.05) is 44.2 Å². The molecular formula is C23H22F3NO3. The van der Waals surface area contributed by atoms with Gasteiger partial charge < -0.3 is 14.8 Å². The van der Waals surface area contributed by atoms with E-state index in [1.165, 1.54) is 12.3 Å². The molecule has 0 bridgehead atoms. The predicted octanol–water partition coefficient (Wildman–Crippen LogP) is 5.31. The van der Waals surface area contributed by atoms with Crippen molar-refractivity contribution in [3.8, 4) is 0 Å². The molecule has 2 atom stereocenters. The Morgan fingerprint density at radius 3 is 2.50 bits per heavy atom. The Morgan fingerprint density at radius 1 is 1.03 bits per heavy atom. The standard InChI is InChI=1S/C23H22F3NO3/c1-21(2)11-12-22(29,23(24,25)26)19(16-6-3-4-8-17(16)21)27-18-9-5-7-15-14(18)10-13-30-20(15)28/h3-10,13,19,27,29H,11-12H2,1-2H3. The first-order valence-corrected chi connectivity index (χ1v) is 9.70. The van der Waals surface area contributed by atoms with Gasteiger partial charge in [0.25, 0.3) is 0 Å². The van der Waals surface area contributed by atoms with Crippen LogP contribution >= 0.6 is 0 Å². The fourth-order valence-corrected chi connectivity index (χ4v) is 4.34. The van der Waals surface area contributed by atoms with E-state index in [4.69, 9.17) is 4.42 Å². The molecule has 0 radical (unpaired) electrons. The van der Waals surface area contributed by atoms with Crippen molar-refractivity contribution in [2.45, 2.75) is 49.9 Å². The summed E-state index contributed by atoms with van der Waals surface area (Å²) in [5, 5.41) is 14.7. The fraction of sp³-hybridized carbons (Fsp3) is 0.348. The lowest BCUT2D eigenvalue weighted by molar-refractivity contribution is -0.269. The molecular weight excluding hydrogens is 395 g/mol. The Balaban J connectivity index is 1.95. The molecule has 0 aliphatic heterocycles. The molecule has 4 nitrogen and oxygen atoms in total. The quantitative estimate of drug-likeness (QED) is 0.555. The van der Waals surface area contributed by atoms with Gasteiger partial charge in [-0.25, -0.2) is 4.79 Å². The van der Waals surface area contributed by atoms with E-state index in [1.807, 2.05) is 19.9 Å². The summed E-state index contributed by atoms with van der Waals surface area (Å²) in [7, 11) is 0. The van der Waals surface area contributed by atoms with E-state index >= 15 is 0 Å². The van der Waals surface area contributed by atoms with Crippen molar-refractivity contribution in [1.29, 1.82) is 0 Å². The van der Waals surface area contributed by atoms with E-state index in [0.717, 1.165) is 5.56 Å². The van der Waals surface area contributed by atoms with Crippen LogP contribution in [-0.2, 0) is 5.41 Å². The van der Waals surface area contributed by atoms with Gasteiger partial charge in [-0.15, -0.1) is 0 Å². The monoisotopic (exact) mass is 417 g/mol. The minimum absolute atomic E-state index is 0.164. The Bertz CT molecular complexity index is 1150. The second kappa shape index (κ2) is 6.87. The lowest BCUT2D eigenvalue weighted by Crippen LogP contribution is -2.52. The lowest BCUT2D eigenvalue weighted by Gasteiger charge is -2.38. The van der Waals surface area contributed by atoms with Crippen molar-refractivity contribution >= 4 is 16.5 Å². The van der Waals surface area contributed by atoms with Crippen molar-refractivity contribution in [3.05, 3.63) is 76.3 Å². The summed E-state index contributed by atoms with van der Waals surface area (Å²) in [6.45, 7) is 3.77. The van der Waals surface area contributed by atoms with Crippen LogP contribution in [0.3, 0.4) is 0 Å². The summed E-state index contributed by atoms with van der Waals surface area (Å²) in [6, 6.07) is 11.7. The topological polar surface area (TPSA) is 62.5 Å². The first kappa shape index (κ1) is 20.5. The molecule has 0 saturated carbocycles. The number of halogens is 3. The summed E-state index contributed by atoms with van der Waals surface area (Å²) in [5.74, 6) is 0. The maximum absolute atomic E-state index is 14.2. The number of aliphatic hydroxyl groups is 1. The molecule has 158 valence electrons. The van der Waals surface area contributed by atoms with E-state index in [0.29, 0.717) is 16.6 Å². The Labute approximate surface area is 171 Å². The van der Waals surface area contributed by atoms with Crippen LogP contribution in [0.4, 0.5) is 18.9 Å². The highest BCUT2D eigenvalue weighted by Gasteiger charge is 2.61. The normalized spacial score (nSPS) is 23.6. The third kappa shape index (κ3) is 3.17. The maximum Gasteiger partial charge on any atom is 0.419 e. The van der Waals surface area contributed by atoms with Gasteiger partial charge in [0.1, 0.15) is 0 Å². The highest BCUT2D eigenvalue weighted by Crippen LogP contribution is 2.51. The van der Waals surface area contributed by atoms with Crippen molar-refractivity contribution in [2.75, 3.05) is 5.32 Å². The zero-order valence-electron chi connectivity index (χ0n) is 16.6. The maximum atomic E-state index is 14.2. The van der Waals surface area contributed by atoms with Crippen LogP contribution in [0.2, 0.25) is 0 Å². The minimum atomic E-state index is -4.86. The van der Waals surface area contributed by atoms with Crippen LogP contribution in [0.15, 0.2) is 64.0 Å². The van der Waals surface area contributed by atoms with Gasteiger partial charge >= 0.3 is 11.8 Å². The number of rotatable bonds is 2. The van der Waals surface area contributed by atoms with E-state index < -0.39 is 35.3 Å². The second-order valence-electron chi connectivity index (χ2n) is 8.45. The number of alkyl halides is 3. The Hall–Kier alpha value is -2.80. The van der Waals surface area contributed by atoms with Crippen LogP contribution in [0.5, 0.6) is 0 Å². The van der Waals surface area contributed by atoms with Crippen LogP contribution in [0.25, 0.3) is 10.8 Å². The van der Waals surface area contributed by atoms with Gasteiger partial charge in [0.2, 0.25) is 0 Å². The summed E-state index contributed by atoms with van der Waals surface area (Å²) in [6.07, 6.45) is -3.95. The number of hydrogen-bond acceptors (Lipinski definition) is 4. The second-order valence-corrected chi connectivity index (χ2v) is 8.45. The van der Waals surface area contributed by atoms with Gasteiger partial charge in [-0.3, -0.25) is 0 Å². The summed E-state index contributed by atoms with van der Waals surface area (Å²) < 4.78 is 47.6. The number of nitrogens with one attached hydrogen (secondary N) is 1. The fourth-order valence-electron chi connectivity index (χ4n) is 4.34. The summed E-state index contributed by atoms with van der Waals surface area (Å²) in [5.41, 5.74) is -2.65. The highest BCUT2D eigenvalue weighted by atomic mass is 19.4. The molecule has 4 rings (SSSR count). The van der Waals surface area contributed by atoms with Crippen molar-refractivity contribution in [2.24, 2.45) is 0 Å². The van der Waals surface area contributed by atoms with Crippen molar-refractivity contribution in [1.82, 2.24) is 0 Å². The molecule has 1 aromatic heterocycles. The third-order valence-electron chi connectivity index (χ3n) is 6.14. The van der Waals surface area contributed by atoms with Crippen molar-refractivity contribution < 1.29 is 22.7 Å². The molecule has 1 aliphatic carbocycles. The molecule has 0 fully saturated rings. The van der Waals surface area contributed by atoms with Crippen molar-refractivity contribution in [3.63, 3.8) is 0 Å². The number of hydrogen-bond donors (Lipinski definition) is 2. The Kier molecular flexibility index (Phi) is 4.69. The van der Waals surface area contributed by atoms with Crippen LogP contribution < -0.4 is 10.9 Å². The molecule has 0 saturated heterocycles. The highest BCUT2D eigenvalue weighted by molar-refractivity contribution is 5.93. The van der Waals surface area contributed by atoms with Gasteiger partial charge in [-0.2, -0.15) is 13.2 Å². The minimum Gasteiger partial charge on any atom is -0.431 e. The molecule has 0 spiro atoms. The lowest BCUT2D eigenvalue weighted by atomic mass is 9.79. The average Bonchev–Trinajstić information content (AvgIpc) is 2.78. The Morgan fingerprint density at radius 2 is 1.77 bits per heavy atom. The largest absolute Gasteiger partial charge is 0.431 e. The van der Waals surface area contributed by atoms with Crippen LogP contribution in [-0.4, -0.2) is 16.9 Å². The summed E-state index contributed by atoms with van der Waals surface area (Å²) in [4.78, 5) is 12.0. The number of anilines is 1. The zero-order chi connectivity index (χ0) is 21.7. The van der Waals surface area contributed by atoms with Gasteiger partial charge in [-0.05, 0) is 47.6 Å². The molecule has 2 N–H and O–H groups in total. The van der Waals surface area contributed by atoms with E-state index in [-0.39, 0.29) is 11.8 Å². The molecule has 2 unspecified atom stereocenters. The first-order valence-electron chi connectivity index (χ1n) is 9.70. The summed E-state index contributed by atoms with van der Waals surface area (Å²) >= 11 is 0. The predicted molar refractivity (Wildman–Crippen MR) is 109 cm³/mol. The van der Waals surface area contributed by atoms with Gasteiger partial charge in [0.15, 0.2) is 5.60 Å². The first-order chi connectivity index (χ1) is 14.0. The van der Waals surface area contributed by atoms with E-state index in [1.54, 1.807) is 36.4 Å². The SMILES string of the molecule is CC1(C)CCC(O)(C(F)(F)F)C(Nc2cccc3c(=O)occc23)c2ccccc21. The van der Waals surface area contributed by atoms with E-state index in [9.17, 15) is 23.1 Å².